The van der Waals surface area contributed by atoms with E-state index in [2.05, 4.69) is 16.5 Å². The normalized spacial score (nSPS) is 21.7. The van der Waals surface area contributed by atoms with Gasteiger partial charge in [0.15, 0.2) is 0 Å². The molecule has 0 aliphatic carbocycles. The molecule has 0 spiro atoms. The van der Waals surface area contributed by atoms with Crippen LogP contribution in [0.4, 0.5) is 22.0 Å². The SMILES string of the molecule is C=Cc1ccc2c3c([nH]c2c1)C(c1c(F)cc(/C=C2/CCN(CCCF)C2)cc1F)N(CC(C)(F)F)[C@H](C)C3. The maximum absolute atomic E-state index is 15.9. The van der Waals surface area contributed by atoms with Gasteiger partial charge in [-0.2, -0.15) is 0 Å². The van der Waals surface area contributed by atoms with Gasteiger partial charge >= 0.3 is 0 Å². The molecule has 39 heavy (non-hydrogen) atoms. The van der Waals surface area contributed by atoms with E-state index in [1.54, 1.807) is 12.2 Å². The maximum atomic E-state index is 15.9. The Balaban J connectivity index is 1.57. The molecule has 1 unspecified atom stereocenters. The van der Waals surface area contributed by atoms with Gasteiger partial charge in [-0.3, -0.25) is 14.2 Å². The van der Waals surface area contributed by atoms with Crippen LogP contribution < -0.4 is 0 Å². The Kier molecular flexibility index (Phi) is 7.71. The lowest BCUT2D eigenvalue weighted by Crippen LogP contribution is -2.47. The number of rotatable bonds is 8. The first-order chi connectivity index (χ1) is 18.6. The van der Waals surface area contributed by atoms with Crippen LogP contribution in [0.25, 0.3) is 23.1 Å². The fourth-order valence-corrected chi connectivity index (χ4v) is 6.11. The van der Waals surface area contributed by atoms with Gasteiger partial charge in [0.05, 0.1) is 19.3 Å². The van der Waals surface area contributed by atoms with Crippen LogP contribution in [-0.2, 0) is 6.42 Å². The number of nitrogens with zero attached hydrogens (tertiary/aromatic N) is 2. The van der Waals surface area contributed by atoms with E-state index in [9.17, 15) is 13.2 Å². The van der Waals surface area contributed by atoms with Crippen LogP contribution in [-0.4, -0.2) is 59.6 Å². The summed E-state index contributed by atoms with van der Waals surface area (Å²) in [5.41, 5.74) is 4.26. The molecule has 0 radical (unpaired) electrons. The van der Waals surface area contributed by atoms with Crippen molar-refractivity contribution in [2.75, 3.05) is 32.9 Å². The number of fused-ring (bicyclic) bond motifs is 3. The molecule has 2 aromatic carbocycles. The zero-order chi connectivity index (χ0) is 27.9. The predicted octanol–water partition coefficient (Wildman–Crippen LogP) is 7.53. The van der Waals surface area contributed by atoms with E-state index >= 15 is 8.78 Å². The van der Waals surface area contributed by atoms with Crippen LogP contribution in [0.1, 0.15) is 60.7 Å². The fourth-order valence-electron chi connectivity index (χ4n) is 6.11. The number of aromatic nitrogens is 1. The predicted molar refractivity (Wildman–Crippen MR) is 147 cm³/mol. The van der Waals surface area contributed by atoms with Crippen LogP contribution >= 0.6 is 0 Å². The molecule has 0 bridgehead atoms. The van der Waals surface area contributed by atoms with Gasteiger partial charge in [-0.25, -0.2) is 17.6 Å². The largest absolute Gasteiger partial charge is 0.357 e. The number of alkyl halides is 3. The molecule has 208 valence electrons. The molecule has 3 aromatic rings. The average Bonchev–Trinajstić information content (AvgIpc) is 3.46. The van der Waals surface area contributed by atoms with Crippen LogP contribution in [0.15, 0.2) is 42.5 Å². The minimum absolute atomic E-state index is 0.235. The van der Waals surface area contributed by atoms with Crippen LogP contribution in [0.2, 0.25) is 0 Å². The van der Waals surface area contributed by atoms with Crippen LogP contribution in [0, 0.1) is 11.6 Å². The molecule has 1 N–H and O–H groups in total. The third-order valence-corrected chi connectivity index (χ3v) is 7.86. The highest BCUT2D eigenvalue weighted by Crippen LogP contribution is 2.43. The standard InChI is InChI=1S/C31H34F5N3/c1-4-20-6-7-23-24-12-19(2)39(18-31(3,35)36)30(29(24)37-27(23)16-20)28-25(33)14-22(15-26(28)34)13-21-8-11-38(17-21)10-5-9-32/h4,6-7,13-16,19,30,37H,1,5,8-12,17-18H2,2-3H3/b21-13-/t19-,30?/m1/s1. The molecule has 0 amide bonds. The number of likely N-dealkylation sites (tertiary alicyclic amines) is 1. The monoisotopic (exact) mass is 543 g/mol. The van der Waals surface area contributed by atoms with Crippen molar-refractivity contribution in [3.05, 3.63) is 82.1 Å². The number of hydrogen-bond donors (Lipinski definition) is 1. The van der Waals surface area contributed by atoms with Crippen molar-refractivity contribution < 1.29 is 22.0 Å². The quantitative estimate of drug-likeness (QED) is 0.297. The number of nitrogens with one attached hydrogen (secondary N) is 1. The molecule has 1 saturated heterocycles. The summed E-state index contributed by atoms with van der Waals surface area (Å²) in [6.07, 6.45) is 5.17. The van der Waals surface area contributed by atoms with Gasteiger partial charge in [-0.1, -0.05) is 36.4 Å². The van der Waals surface area contributed by atoms with Crippen LogP contribution in [0.5, 0.6) is 0 Å². The van der Waals surface area contributed by atoms with E-state index in [1.807, 2.05) is 25.1 Å². The Morgan fingerprint density at radius 3 is 2.54 bits per heavy atom. The Hall–Kier alpha value is -2.97. The first kappa shape index (κ1) is 27.6. The van der Waals surface area contributed by atoms with Gasteiger partial charge in [0.2, 0.25) is 0 Å². The summed E-state index contributed by atoms with van der Waals surface area (Å²) in [7, 11) is 0. The van der Waals surface area contributed by atoms with Gasteiger partial charge < -0.3 is 4.98 Å². The summed E-state index contributed by atoms with van der Waals surface area (Å²) in [5, 5.41) is 0.913. The highest BCUT2D eigenvalue weighted by atomic mass is 19.3. The molecule has 1 fully saturated rings. The van der Waals surface area contributed by atoms with Crippen molar-refractivity contribution in [3.63, 3.8) is 0 Å². The molecule has 5 rings (SSSR count). The molecule has 3 heterocycles. The minimum atomic E-state index is -3.06. The zero-order valence-electron chi connectivity index (χ0n) is 22.3. The van der Waals surface area contributed by atoms with Gasteiger partial charge in [-0.05, 0) is 61.1 Å². The highest BCUT2D eigenvalue weighted by Gasteiger charge is 2.42. The molecule has 0 saturated carbocycles. The van der Waals surface area contributed by atoms with Crippen molar-refractivity contribution in [2.24, 2.45) is 0 Å². The average molecular weight is 544 g/mol. The number of aromatic amines is 1. The topological polar surface area (TPSA) is 22.3 Å². The van der Waals surface area contributed by atoms with Crippen molar-refractivity contribution in [1.82, 2.24) is 14.8 Å². The summed E-state index contributed by atoms with van der Waals surface area (Å²) in [5.74, 6) is -4.59. The van der Waals surface area contributed by atoms with E-state index < -0.39 is 30.1 Å². The second-order valence-corrected chi connectivity index (χ2v) is 11.0. The molecule has 1 aromatic heterocycles. The lowest BCUT2D eigenvalue weighted by atomic mass is 9.87. The third kappa shape index (κ3) is 5.68. The van der Waals surface area contributed by atoms with Crippen molar-refractivity contribution in [2.45, 2.75) is 51.1 Å². The van der Waals surface area contributed by atoms with Gasteiger partial charge in [0.25, 0.3) is 5.92 Å². The second kappa shape index (κ2) is 10.9. The highest BCUT2D eigenvalue weighted by molar-refractivity contribution is 5.87. The van der Waals surface area contributed by atoms with E-state index in [0.29, 0.717) is 37.2 Å². The van der Waals surface area contributed by atoms with E-state index in [1.165, 1.54) is 17.0 Å². The Labute approximate surface area is 226 Å². The number of benzene rings is 2. The number of hydrogen-bond acceptors (Lipinski definition) is 2. The Bertz CT molecular complexity index is 1380. The van der Waals surface area contributed by atoms with Gasteiger partial charge in [-0.15, -0.1) is 0 Å². The molecular weight excluding hydrogens is 509 g/mol. The Morgan fingerprint density at radius 2 is 1.87 bits per heavy atom. The Morgan fingerprint density at radius 1 is 1.13 bits per heavy atom. The lowest BCUT2D eigenvalue weighted by molar-refractivity contribution is -0.0374. The second-order valence-electron chi connectivity index (χ2n) is 11.0. The summed E-state index contributed by atoms with van der Waals surface area (Å²) >= 11 is 0. The summed E-state index contributed by atoms with van der Waals surface area (Å²) in [6, 6.07) is 6.92. The first-order valence-corrected chi connectivity index (χ1v) is 13.4. The first-order valence-electron chi connectivity index (χ1n) is 13.4. The fraction of sp³-hybridized carbons (Fsp3) is 0.419. The summed E-state index contributed by atoms with van der Waals surface area (Å²) < 4.78 is 73.0. The van der Waals surface area contributed by atoms with E-state index in [-0.39, 0.29) is 18.3 Å². The number of halogens is 5. The smallest absolute Gasteiger partial charge is 0.257 e. The molecule has 8 heteroatoms. The van der Waals surface area contributed by atoms with Crippen molar-refractivity contribution in [3.8, 4) is 0 Å². The summed E-state index contributed by atoms with van der Waals surface area (Å²) in [4.78, 5) is 6.94. The minimum Gasteiger partial charge on any atom is -0.357 e. The van der Waals surface area contributed by atoms with Gasteiger partial charge in [0, 0.05) is 54.8 Å². The molecule has 2 atom stereocenters. The van der Waals surface area contributed by atoms with Gasteiger partial charge in [0.1, 0.15) is 11.6 Å². The molecular formula is C31H34F5N3. The lowest BCUT2D eigenvalue weighted by Gasteiger charge is -2.42. The van der Waals surface area contributed by atoms with E-state index in [4.69, 9.17) is 0 Å². The maximum Gasteiger partial charge on any atom is 0.257 e. The zero-order valence-corrected chi connectivity index (χ0v) is 22.3. The van der Waals surface area contributed by atoms with Crippen molar-refractivity contribution >= 4 is 23.1 Å². The third-order valence-electron chi connectivity index (χ3n) is 7.86. The van der Waals surface area contributed by atoms with E-state index in [0.717, 1.165) is 47.5 Å². The van der Waals surface area contributed by atoms with Crippen molar-refractivity contribution in [1.29, 1.82) is 0 Å². The summed E-state index contributed by atoms with van der Waals surface area (Å²) in [6.45, 7) is 7.51. The molecule has 2 aliphatic rings. The number of H-pyrrole nitrogens is 1. The molecule has 2 aliphatic heterocycles. The molecule has 3 nitrogen and oxygen atoms in total. The van der Waals surface area contributed by atoms with Crippen LogP contribution in [0.3, 0.4) is 0 Å².